The number of carbonyl (C=O) groups excluding carboxylic acids is 3. The number of rotatable bonds is 1. The molecule has 1 amide bonds. The van der Waals surface area contributed by atoms with E-state index in [2.05, 4.69) is 0 Å². The van der Waals surface area contributed by atoms with Gasteiger partial charge in [-0.25, -0.2) is 0 Å². The number of phenolic OH excluding ortho intramolecular Hbond substituents is 1. The topological polar surface area (TPSA) is 178 Å². The first-order chi connectivity index (χ1) is 13.4. The Hall–Kier alpha value is -3.17. The number of aliphatic hydroxyl groups excluding tert-OH is 2. The molecule has 9 heteroatoms. The van der Waals surface area contributed by atoms with E-state index in [0.717, 1.165) is 0 Å². The van der Waals surface area contributed by atoms with Gasteiger partial charge in [-0.3, -0.25) is 14.4 Å². The summed E-state index contributed by atoms with van der Waals surface area (Å²) >= 11 is 0. The van der Waals surface area contributed by atoms with E-state index >= 15 is 0 Å². The van der Waals surface area contributed by atoms with E-state index in [-0.39, 0.29) is 23.3 Å². The second-order valence-electron chi connectivity index (χ2n) is 7.91. The van der Waals surface area contributed by atoms with Crippen LogP contribution in [0.4, 0.5) is 0 Å². The van der Waals surface area contributed by atoms with E-state index in [9.17, 15) is 39.9 Å². The van der Waals surface area contributed by atoms with Gasteiger partial charge in [0.05, 0.1) is 11.2 Å². The highest BCUT2D eigenvalue weighted by atomic mass is 16.3. The van der Waals surface area contributed by atoms with Gasteiger partial charge in [0.1, 0.15) is 22.8 Å². The molecular weight excluding hydrogens is 382 g/mol. The van der Waals surface area contributed by atoms with E-state index in [1.54, 1.807) is 0 Å². The van der Waals surface area contributed by atoms with Crippen LogP contribution < -0.4 is 5.73 Å². The molecule has 0 radical (unpaired) electrons. The molecule has 152 valence electrons. The standard InChI is InChI=1S/C20H19NO8/c1-19(28)8-3-2-4-10(22)12(8)15(24)13-9(19)5-7-6-11(23)14(18(21)27)17(26)20(7,29)16(13)25/h2-4,7,9,22,24,26,28-29H,5-6H2,1H3,(H2,21,27)/t7-,9-,19?,20-/m0/s1. The zero-order valence-electron chi connectivity index (χ0n) is 15.3. The summed E-state index contributed by atoms with van der Waals surface area (Å²) in [6.07, 6.45) is -0.594. The molecule has 0 saturated heterocycles. The van der Waals surface area contributed by atoms with Crippen molar-refractivity contribution in [3.63, 3.8) is 0 Å². The zero-order valence-corrected chi connectivity index (χ0v) is 15.3. The van der Waals surface area contributed by atoms with Crippen molar-refractivity contribution in [3.8, 4) is 5.75 Å². The summed E-state index contributed by atoms with van der Waals surface area (Å²) in [5, 5.41) is 53.7. The number of amides is 1. The number of hydrogen-bond acceptors (Lipinski definition) is 8. The Labute approximate surface area is 164 Å². The van der Waals surface area contributed by atoms with Gasteiger partial charge < -0.3 is 31.3 Å². The molecule has 4 rings (SSSR count). The van der Waals surface area contributed by atoms with Crippen LogP contribution in [0.1, 0.15) is 30.9 Å². The number of aromatic hydroxyl groups is 1. The number of nitrogens with two attached hydrogens (primary N) is 1. The molecule has 0 spiro atoms. The Morgan fingerprint density at radius 3 is 2.45 bits per heavy atom. The average Bonchev–Trinajstić information content (AvgIpc) is 2.62. The monoisotopic (exact) mass is 401 g/mol. The van der Waals surface area contributed by atoms with Crippen LogP contribution >= 0.6 is 0 Å². The van der Waals surface area contributed by atoms with Crippen molar-refractivity contribution in [1.29, 1.82) is 0 Å². The first kappa shape index (κ1) is 19.2. The second kappa shape index (κ2) is 5.68. The van der Waals surface area contributed by atoms with Gasteiger partial charge in [0.2, 0.25) is 5.78 Å². The maximum atomic E-state index is 13.3. The van der Waals surface area contributed by atoms with Gasteiger partial charge in [-0.05, 0) is 25.0 Å². The van der Waals surface area contributed by atoms with Crippen LogP contribution in [0, 0.1) is 11.8 Å². The molecule has 3 aliphatic carbocycles. The largest absolute Gasteiger partial charge is 0.508 e. The highest BCUT2D eigenvalue weighted by Crippen LogP contribution is 2.56. The molecule has 4 atom stereocenters. The van der Waals surface area contributed by atoms with Crippen molar-refractivity contribution < 1.29 is 39.9 Å². The van der Waals surface area contributed by atoms with Crippen molar-refractivity contribution in [2.24, 2.45) is 17.6 Å². The number of primary amides is 1. The minimum absolute atomic E-state index is 0.147. The molecule has 29 heavy (non-hydrogen) atoms. The van der Waals surface area contributed by atoms with Crippen molar-refractivity contribution in [3.05, 3.63) is 46.2 Å². The van der Waals surface area contributed by atoms with Gasteiger partial charge in [0, 0.05) is 23.8 Å². The van der Waals surface area contributed by atoms with E-state index in [4.69, 9.17) is 5.73 Å². The summed E-state index contributed by atoms with van der Waals surface area (Å²) in [5.74, 6) is -7.61. The quantitative estimate of drug-likeness (QED) is 0.358. The number of ketones is 2. The Morgan fingerprint density at radius 2 is 1.83 bits per heavy atom. The lowest BCUT2D eigenvalue weighted by atomic mass is 9.56. The Bertz CT molecular complexity index is 1070. The predicted octanol–water partition coefficient (Wildman–Crippen LogP) is 0.0889. The molecule has 1 saturated carbocycles. The molecule has 7 N–H and O–H groups in total. The third-order valence-corrected chi connectivity index (χ3v) is 6.36. The normalized spacial score (nSPS) is 33.9. The van der Waals surface area contributed by atoms with Crippen LogP contribution in [-0.4, -0.2) is 48.6 Å². The second-order valence-corrected chi connectivity index (χ2v) is 7.91. The molecule has 1 aromatic rings. The Kier molecular flexibility index (Phi) is 3.75. The number of fused-ring (bicyclic) bond motifs is 3. The third kappa shape index (κ3) is 2.19. The summed E-state index contributed by atoms with van der Waals surface area (Å²) in [6, 6.07) is 4.22. The minimum atomic E-state index is -2.66. The summed E-state index contributed by atoms with van der Waals surface area (Å²) in [5.41, 5.74) is -0.491. The van der Waals surface area contributed by atoms with E-state index < -0.39 is 69.6 Å². The van der Waals surface area contributed by atoms with Crippen LogP contribution in [0.25, 0.3) is 5.76 Å². The highest BCUT2D eigenvalue weighted by molar-refractivity contribution is 6.22. The number of hydrogen-bond donors (Lipinski definition) is 6. The van der Waals surface area contributed by atoms with E-state index in [0.29, 0.717) is 0 Å². The van der Waals surface area contributed by atoms with Gasteiger partial charge >= 0.3 is 0 Å². The van der Waals surface area contributed by atoms with E-state index in [1.807, 2.05) is 0 Å². The number of aliphatic hydroxyl groups is 4. The molecule has 0 heterocycles. The third-order valence-electron chi connectivity index (χ3n) is 6.36. The lowest BCUT2D eigenvalue weighted by molar-refractivity contribution is -0.152. The van der Waals surface area contributed by atoms with Crippen molar-refractivity contribution in [2.75, 3.05) is 0 Å². The Balaban J connectivity index is 2.01. The zero-order chi connectivity index (χ0) is 21.5. The fraction of sp³-hybridized carbons (Fsp3) is 0.350. The van der Waals surface area contributed by atoms with Gasteiger partial charge in [-0.15, -0.1) is 0 Å². The fourth-order valence-electron chi connectivity index (χ4n) is 4.87. The van der Waals surface area contributed by atoms with Crippen LogP contribution in [0.15, 0.2) is 35.1 Å². The lowest BCUT2D eigenvalue weighted by Gasteiger charge is -2.50. The van der Waals surface area contributed by atoms with Crippen LogP contribution in [0.5, 0.6) is 5.75 Å². The smallest absolute Gasteiger partial charge is 0.255 e. The van der Waals surface area contributed by atoms with Gasteiger partial charge in [-0.2, -0.15) is 0 Å². The van der Waals surface area contributed by atoms with Gasteiger partial charge in [0.15, 0.2) is 11.4 Å². The molecule has 1 aromatic carbocycles. The average molecular weight is 401 g/mol. The Morgan fingerprint density at radius 1 is 1.17 bits per heavy atom. The summed E-state index contributed by atoms with van der Waals surface area (Å²) < 4.78 is 0. The maximum absolute atomic E-state index is 13.3. The van der Waals surface area contributed by atoms with Crippen molar-refractivity contribution in [2.45, 2.75) is 31.0 Å². The molecule has 3 aliphatic rings. The van der Waals surface area contributed by atoms with Gasteiger partial charge in [0.25, 0.3) is 5.91 Å². The van der Waals surface area contributed by atoms with Crippen LogP contribution in [-0.2, 0) is 20.0 Å². The number of phenols is 1. The number of Topliss-reactive ketones (excluding diaryl/α,β-unsaturated/α-hetero) is 2. The first-order valence-electron chi connectivity index (χ1n) is 8.96. The predicted molar refractivity (Wildman–Crippen MR) is 97.3 cm³/mol. The molecule has 1 unspecified atom stereocenters. The lowest BCUT2D eigenvalue weighted by Crippen LogP contribution is -2.60. The SMILES string of the molecule is CC1(O)c2cccc(O)c2C(O)=C2C(=O)[C@]3(O)C(O)=C(C(N)=O)C(=O)C[C@@H]3C[C@@H]21. The molecular formula is C20H19NO8. The highest BCUT2D eigenvalue weighted by Gasteiger charge is 2.63. The minimum Gasteiger partial charge on any atom is -0.508 e. The van der Waals surface area contributed by atoms with Crippen LogP contribution in [0.3, 0.4) is 0 Å². The maximum Gasteiger partial charge on any atom is 0.255 e. The van der Waals surface area contributed by atoms with Gasteiger partial charge in [-0.1, -0.05) is 12.1 Å². The molecule has 0 bridgehead atoms. The molecule has 0 aliphatic heterocycles. The summed E-state index contributed by atoms with van der Waals surface area (Å²) in [7, 11) is 0. The van der Waals surface area contributed by atoms with Crippen molar-refractivity contribution >= 4 is 23.2 Å². The van der Waals surface area contributed by atoms with Crippen molar-refractivity contribution in [1.82, 2.24) is 0 Å². The number of carbonyl (C=O) groups is 3. The van der Waals surface area contributed by atoms with Crippen LogP contribution in [0.2, 0.25) is 0 Å². The molecule has 9 nitrogen and oxygen atoms in total. The van der Waals surface area contributed by atoms with E-state index in [1.165, 1.54) is 25.1 Å². The molecule has 0 aromatic heterocycles. The molecule has 1 fully saturated rings. The number of benzene rings is 1. The first-order valence-corrected chi connectivity index (χ1v) is 8.96. The fourth-order valence-corrected chi connectivity index (χ4v) is 4.87. The summed E-state index contributed by atoms with van der Waals surface area (Å²) in [4.78, 5) is 37.2. The summed E-state index contributed by atoms with van der Waals surface area (Å²) in [6.45, 7) is 1.40.